The largest absolute Gasteiger partial charge is 0.467 e. The quantitative estimate of drug-likeness (QED) is 0.856. The number of nitrogen functional groups attached to an aromatic ring is 1. The first-order valence-corrected chi connectivity index (χ1v) is 5.13. The van der Waals surface area contributed by atoms with Crippen molar-refractivity contribution in [3.63, 3.8) is 0 Å². The summed E-state index contributed by atoms with van der Waals surface area (Å²) in [6.07, 6.45) is 3.43. The molecule has 0 radical (unpaired) electrons. The van der Waals surface area contributed by atoms with Crippen molar-refractivity contribution in [2.75, 3.05) is 17.7 Å². The summed E-state index contributed by atoms with van der Waals surface area (Å²) in [5, 5.41) is 0. The highest BCUT2D eigenvalue weighted by Crippen LogP contribution is 2.23. The van der Waals surface area contributed by atoms with E-state index in [0.717, 1.165) is 22.8 Å². The van der Waals surface area contributed by atoms with Crippen LogP contribution in [0.5, 0.6) is 0 Å². The molecule has 0 aliphatic carbocycles. The van der Waals surface area contributed by atoms with Crippen LogP contribution < -0.4 is 10.6 Å². The second-order valence-corrected chi connectivity index (χ2v) is 3.80. The molecule has 4 heteroatoms. The molecular formula is C12H15N3O. The molecule has 0 saturated heterocycles. The summed E-state index contributed by atoms with van der Waals surface area (Å²) in [7, 11) is 1.95. The Hall–Kier alpha value is -1.97. The van der Waals surface area contributed by atoms with Crippen molar-refractivity contribution in [1.82, 2.24) is 4.98 Å². The highest BCUT2D eigenvalue weighted by atomic mass is 16.3. The van der Waals surface area contributed by atoms with Crippen molar-refractivity contribution in [2.24, 2.45) is 0 Å². The number of anilines is 2. The van der Waals surface area contributed by atoms with Gasteiger partial charge < -0.3 is 15.1 Å². The van der Waals surface area contributed by atoms with E-state index in [1.54, 1.807) is 12.5 Å². The molecule has 0 aromatic carbocycles. The summed E-state index contributed by atoms with van der Waals surface area (Å²) in [4.78, 5) is 6.25. The van der Waals surface area contributed by atoms with Gasteiger partial charge in [-0.15, -0.1) is 0 Å². The first kappa shape index (κ1) is 10.5. The van der Waals surface area contributed by atoms with Crippen LogP contribution in [-0.4, -0.2) is 12.0 Å². The first-order valence-electron chi connectivity index (χ1n) is 5.13. The van der Waals surface area contributed by atoms with Gasteiger partial charge in [-0.05, 0) is 30.7 Å². The van der Waals surface area contributed by atoms with E-state index in [-0.39, 0.29) is 0 Å². The minimum atomic E-state index is 0.660. The normalized spacial score (nSPS) is 10.4. The zero-order chi connectivity index (χ0) is 11.5. The van der Waals surface area contributed by atoms with Crippen LogP contribution in [0.4, 0.5) is 11.5 Å². The Morgan fingerprint density at radius 3 is 2.94 bits per heavy atom. The average Bonchev–Trinajstić information content (AvgIpc) is 2.74. The first-order chi connectivity index (χ1) is 7.68. The van der Waals surface area contributed by atoms with Crippen LogP contribution in [0.2, 0.25) is 0 Å². The van der Waals surface area contributed by atoms with E-state index in [1.807, 2.05) is 37.1 Å². The lowest BCUT2D eigenvalue weighted by molar-refractivity contribution is 0.507. The van der Waals surface area contributed by atoms with Gasteiger partial charge in [-0.3, -0.25) is 0 Å². The molecule has 0 atom stereocenters. The Morgan fingerprint density at radius 2 is 2.25 bits per heavy atom. The van der Waals surface area contributed by atoms with Gasteiger partial charge in [0, 0.05) is 13.2 Å². The van der Waals surface area contributed by atoms with Crippen LogP contribution in [0, 0.1) is 6.92 Å². The number of furan rings is 1. The Morgan fingerprint density at radius 1 is 1.44 bits per heavy atom. The molecule has 0 saturated carbocycles. The van der Waals surface area contributed by atoms with E-state index in [2.05, 4.69) is 4.98 Å². The van der Waals surface area contributed by atoms with Crippen molar-refractivity contribution in [1.29, 1.82) is 0 Å². The number of nitrogens with zero attached hydrogens (tertiary/aromatic N) is 2. The highest BCUT2D eigenvalue weighted by molar-refractivity contribution is 5.65. The van der Waals surface area contributed by atoms with Crippen LogP contribution in [0.25, 0.3) is 0 Å². The molecular weight excluding hydrogens is 202 g/mol. The van der Waals surface area contributed by atoms with E-state index >= 15 is 0 Å². The molecule has 16 heavy (non-hydrogen) atoms. The molecule has 84 valence electrons. The lowest BCUT2D eigenvalue weighted by Crippen LogP contribution is -2.19. The number of nitrogens with two attached hydrogens (primary N) is 1. The summed E-state index contributed by atoms with van der Waals surface area (Å²) in [5.74, 6) is 1.68. The van der Waals surface area contributed by atoms with Gasteiger partial charge in [0.2, 0.25) is 0 Å². The van der Waals surface area contributed by atoms with E-state index in [1.165, 1.54) is 0 Å². The smallest absolute Gasteiger partial charge is 0.152 e. The standard InChI is InChI=1S/C12H15N3O/c1-9-5-6-14-12(11(9)13)15(2)8-10-4-3-7-16-10/h3-7H,8,13H2,1-2H3. The highest BCUT2D eigenvalue weighted by Gasteiger charge is 2.09. The molecule has 0 bridgehead atoms. The number of aryl methyl sites for hydroxylation is 1. The predicted molar refractivity (Wildman–Crippen MR) is 64.2 cm³/mol. The van der Waals surface area contributed by atoms with E-state index < -0.39 is 0 Å². The number of aromatic nitrogens is 1. The fraction of sp³-hybridized carbons (Fsp3) is 0.250. The van der Waals surface area contributed by atoms with Crippen molar-refractivity contribution in [3.05, 3.63) is 42.0 Å². The average molecular weight is 217 g/mol. The molecule has 0 amide bonds. The Bertz CT molecular complexity index is 465. The maximum absolute atomic E-state index is 5.98. The Labute approximate surface area is 94.7 Å². The molecule has 0 spiro atoms. The van der Waals surface area contributed by atoms with Crippen molar-refractivity contribution in [3.8, 4) is 0 Å². The molecule has 2 aromatic heterocycles. The summed E-state index contributed by atoms with van der Waals surface area (Å²) >= 11 is 0. The number of rotatable bonds is 3. The van der Waals surface area contributed by atoms with Gasteiger partial charge in [0.25, 0.3) is 0 Å². The predicted octanol–water partition coefficient (Wildman–Crippen LogP) is 2.20. The molecule has 2 aromatic rings. The van der Waals surface area contributed by atoms with Crippen molar-refractivity contribution >= 4 is 11.5 Å². The molecule has 0 unspecified atom stereocenters. The van der Waals surface area contributed by atoms with Crippen molar-refractivity contribution < 1.29 is 4.42 Å². The van der Waals surface area contributed by atoms with Gasteiger partial charge in [-0.1, -0.05) is 0 Å². The molecule has 2 rings (SSSR count). The third kappa shape index (κ3) is 2.00. The van der Waals surface area contributed by atoms with Crippen LogP contribution in [0.15, 0.2) is 35.1 Å². The summed E-state index contributed by atoms with van der Waals surface area (Å²) in [5.41, 5.74) is 7.73. The maximum atomic E-state index is 5.98. The van der Waals surface area contributed by atoms with E-state index in [4.69, 9.17) is 10.2 Å². The number of hydrogen-bond acceptors (Lipinski definition) is 4. The van der Waals surface area contributed by atoms with Gasteiger partial charge in [-0.25, -0.2) is 4.98 Å². The van der Waals surface area contributed by atoms with Gasteiger partial charge in [0.05, 0.1) is 18.5 Å². The minimum absolute atomic E-state index is 0.660. The van der Waals surface area contributed by atoms with E-state index in [9.17, 15) is 0 Å². The Balaban J connectivity index is 2.21. The topological polar surface area (TPSA) is 55.3 Å². The van der Waals surface area contributed by atoms with Crippen LogP contribution in [0.3, 0.4) is 0 Å². The number of hydrogen-bond donors (Lipinski definition) is 1. The zero-order valence-electron chi connectivity index (χ0n) is 9.47. The summed E-state index contributed by atoms with van der Waals surface area (Å²) < 4.78 is 5.29. The minimum Gasteiger partial charge on any atom is -0.467 e. The lowest BCUT2D eigenvalue weighted by Gasteiger charge is -2.19. The third-order valence-corrected chi connectivity index (χ3v) is 2.52. The summed E-state index contributed by atoms with van der Waals surface area (Å²) in [6, 6.07) is 5.71. The monoisotopic (exact) mass is 217 g/mol. The molecule has 0 aliphatic heterocycles. The van der Waals surface area contributed by atoms with Crippen LogP contribution in [-0.2, 0) is 6.54 Å². The summed E-state index contributed by atoms with van der Waals surface area (Å²) in [6.45, 7) is 2.63. The molecule has 4 nitrogen and oxygen atoms in total. The molecule has 2 heterocycles. The Kier molecular flexibility index (Phi) is 2.81. The molecule has 2 N–H and O–H groups in total. The SMILES string of the molecule is Cc1ccnc(N(C)Cc2ccco2)c1N. The van der Waals surface area contributed by atoms with Crippen molar-refractivity contribution in [2.45, 2.75) is 13.5 Å². The second-order valence-electron chi connectivity index (χ2n) is 3.80. The van der Waals surface area contributed by atoms with E-state index in [0.29, 0.717) is 6.54 Å². The fourth-order valence-corrected chi connectivity index (χ4v) is 1.57. The van der Waals surface area contributed by atoms with Gasteiger partial charge in [-0.2, -0.15) is 0 Å². The van der Waals surface area contributed by atoms with Gasteiger partial charge in [0.1, 0.15) is 5.76 Å². The number of pyridine rings is 1. The molecule has 0 aliphatic rings. The fourth-order valence-electron chi connectivity index (χ4n) is 1.57. The third-order valence-electron chi connectivity index (χ3n) is 2.52. The zero-order valence-corrected chi connectivity index (χ0v) is 9.47. The van der Waals surface area contributed by atoms with Gasteiger partial charge >= 0.3 is 0 Å². The molecule has 0 fully saturated rings. The maximum Gasteiger partial charge on any atom is 0.152 e. The van der Waals surface area contributed by atoms with Crippen LogP contribution in [0.1, 0.15) is 11.3 Å². The van der Waals surface area contributed by atoms with Crippen LogP contribution >= 0.6 is 0 Å². The van der Waals surface area contributed by atoms with Gasteiger partial charge in [0.15, 0.2) is 5.82 Å². The second kappa shape index (κ2) is 4.26. The lowest BCUT2D eigenvalue weighted by atomic mass is 10.2.